The van der Waals surface area contributed by atoms with Crippen LogP contribution >= 0.6 is 0 Å². The zero-order valence-corrected chi connectivity index (χ0v) is 25.4. The maximum atomic E-state index is 13.4. The summed E-state index contributed by atoms with van der Waals surface area (Å²) in [5.41, 5.74) is 2.03. The number of carbonyl (C=O) groups excluding carboxylic acids is 2. The first-order valence-electron chi connectivity index (χ1n) is 14.2. The highest BCUT2D eigenvalue weighted by Crippen LogP contribution is 2.40. The fourth-order valence-corrected chi connectivity index (χ4v) is 6.70. The molecule has 0 bridgehead atoms. The molecule has 0 aliphatic carbocycles. The van der Waals surface area contributed by atoms with Crippen LogP contribution in [0.3, 0.4) is 0 Å². The SMILES string of the molecule is CCN(CC)CCN1C(=O)C(=O)C(=C(O)c2ccc(S(=O)(=O)N3CCOCC3)cc2)[C@H]1c1ccc(C(C)(C)C)cc1. The molecule has 2 fully saturated rings. The van der Waals surface area contributed by atoms with Crippen LogP contribution in [0.4, 0.5) is 0 Å². The van der Waals surface area contributed by atoms with Gasteiger partial charge in [0.15, 0.2) is 0 Å². The Bertz CT molecular complexity index is 1380. The van der Waals surface area contributed by atoms with Crippen LogP contribution in [-0.2, 0) is 29.8 Å². The molecule has 1 amide bonds. The van der Waals surface area contributed by atoms with Crippen LogP contribution < -0.4 is 0 Å². The number of ether oxygens (including phenoxy) is 1. The molecule has 0 aromatic heterocycles. The summed E-state index contributed by atoms with van der Waals surface area (Å²) in [6.07, 6.45) is 0. The van der Waals surface area contributed by atoms with Crippen molar-refractivity contribution in [2.75, 3.05) is 52.5 Å². The number of hydrogen-bond donors (Lipinski definition) is 1. The number of amides is 1. The van der Waals surface area contributed by atoms with Crippen LogP contribution in [0.25, 0.3) is 5.76 Å². The van der Waals surface area contributed by atoms with E-state index in [0.717, 1.165) is 24.2 Å². The number of Topliss-reactive ketones (excluding diaryl/α,β-unsaturated/α-hetero) is 1. The minimum Gasteiger partial charge on any atom is -0.507 e. The van der Waals surface area contributed by atoms with Crippen LogP contribution in [0.2, 0.25) is 0 Å². The number of benzene rings is 2. The van der Waals surface area contributed by atoms with Crippen molar-refractivity contribution in [3.63, 3.8) is 0 Å². The van der Waals surface area contributed by atoms with E-state index in [-0.39, 0.29) is 40.3 Å². The molecule has 2 aromatic carbocycles. The van der Waals surface area contributed by atoms with Crippen molar-refractivity contribution < 1.29 is 27.9 Å². The van der Waals surface area contributed by atoms with Gasteiger partial charge < -0.3 is 19.6 Å². The maximum Gasteiger partial charge on any atom is 0.295 e. The average Bonchev–Trinajstić information content (AvgIpc) is 3.22. The molecule has 0 saturated carbocycles. The highest BCUT2D eigenvalue weighted by Gasteiger charge is 2.46. The van der Waals surface area contributed by atoms with E-state index in [2.05, 4.69) is 25.7 Å². The molecule has 0 radical (unpaired) electrons. The number of ketones is 1. The van der Waals surface area contributed by atoms with Crippen LogP contribution in [0.1, 0.15) is 57.4 Å². The predicted octanol–water partition coefficient (Wildman–Crippen LogP) is 3.77. The summed E-state index contributed by atoms with van der Waals surface area (Å²) in [7, 11) is -3.72. The first kappa shape index (κ1) is 30.9. The van der Waals surface area contributed by atoms with E-state index >= 15 is 0 Å². The number of aliphatic hydroxyl groups excluding tert-OH is 1. The summed E-state index contributed by atoms with van der Waals surface area (Å²) in [5.74, 6) is -1.74. The van der Waals surface area contributed by atoms with Crippen LogP contribution in [0.5, 0.6) is 0 Å². The number of morpholine rings is 1. The van der Waals surface area contributed by atoms with Crippen LogP contribution in [0.15, 0.2) is 59.0 Å². The zero-order chi connectivity index (χ0) is 29.9. The van der Waals surface area contributed by atoms with Crippen molar-refractivity contribution in [1.29, 1.82) is 0 Å². The molecule has 2 aromatic rings. The van der Waals surface area contributed by atoms with Gasteiger partial charge in [-0.25, -0.2) is 8.42 Å². The second-order valence-electron chi connectivity index (χ2n) is 11.4. The van der Waals surface area contributed by atoms with Crippen LogP contribution in [0, 0.1) is 0 Å². The van der Waals surface area contributed by atoms with Crippen molar-refractivity contribution in [3.05, 3.63) is 70.8 Å². The van der Waals surface area contributed by atoms with Gasteiger partial charge in [0.25, 0.3) is 11.7 Å². The van der Waals surface area contributed by atoms with Crippen LogP contribution in [-0.4, -0.2) is 91.8 Å². The first-order chi connectivity index (χ1) is 19.4. The third-order valence-corrected chi connectivity index (χ3v) is 9.83. The summed E-state index contributed by atoms with van der Waals surface area (Å²) in [5, 5.41) is 11.4. The largest absolute Gasteiger partial charge is 0.507 e. The van der Waals surface area contributed by atoms with Gasteiger partial charge in [-0.15, -0.1) is 0 Å². The summed E-state index contributed by atoms with van der Waals surface area (Å²) >= 11 is 0. The Morgan fingerprint density at radius 2 is 1.56 bits per heavy atom. The minimum atomic E-state index is -3.72. The Kier molecular flexibility index (Phi) is 9.38. The van der Waals surface area contributed by atoms with Gasteiger partial charge in [-0.05, 0) is 53.9 Å². The molecule has 4 rings (SSSR count). The average molecular weight is 584 g/mol. The van der Waals surface area contributed by atoms with Gasteiger partial charge >= 0.3 is 0 Å². The number of hydrogen-bond acceptors (Lipinski definition) is 7. The number of sulfonamides is 1. The third-order valence-electron chi connectivity index (χ3n) is 7.92. The molecule has 0 spiro atoms. The van der Waals surface area contributed by atoms with E-state index in [0.29, 0.717) is 26.3 Å². The summed E-state index contributed by atoms with van der Waals surface area (Å²) in [6.45, 7) is 14.2. The van der Waals surface area contributed by atoms with E-state index in [1.807, 2.05) is 38.1 Å². The molecule has 10 heteroatoms. The van der Waals surface area contributed by atoms with Crippen molar-refractivity contribution in [2.45, 2.75) is 51.0 Å². The topological polar surface area (TPSA) is 107 Å². The van der Waals surface area contributed by atoms with Gasteiger partial charge in [0.2, 0.25) is 10.0 Å². The molecule has 41 heavy (non-hydrogen) atoms. The quantitative estimate of drug-likeness (QED) is 0.272. The van der Waals surface area contributed by atoms with E-state index in [1.54, 1.807) is 0 Å². The molecule has 2 aliphatic rings. The van der Waals surface area contributed by atoms with Crippen molar-refractivity contribution >= 4 is 27.5 Å². The number of nitrogens with zero attached hydrogens (tertiary/aromatic N) is 3. The van der Waals surface area contributed by atoms with Gasteiger partial charge in [-0.3, -0.25) is 9.59 Å². The van der Waals surface area contributed by atoms with Gasteiger partial charge in [0, 0.05) is 31.7 Å². The van der Waals surface area contributed by atoms with Gasteiger partial charge in [0.05, 0.1) is 29.7 Å². The second-order valence-corrected chi connectivity index (χ2v) is 13.4. The molecule has 0 unspecified atom stereocenters. The number of rotatable bonds is 9. The molecule has 9 nitrogen and oxygen atoms in total. The molecular weight excluding hydrogens is 542 g/mol. The molecule has 2 saturated heterocycles. The Morgan fingerprint density at radius 1 is 0.976 bits per heavy atom. The smallest absolute Gasteiger partial charge is 0.295 e. The van der Waals surface area contributed by atoms with E-state index in [4.69, 9.17) is 4.74 Å². The fourth-order valence-electron chi connectivity index (χ4n) is 5.29. The van der Waals surface area contributed by atoms with E-state index in [9.17, 15) is 23.1 Å². The highest BCUT2D eigenvalue weighted by molar-refractivity contribution is 7.89. The lowest BCUT2D eigenvalue weighted by atomic mass is 9.85. The minimum absolute atomic E-state index is 0.00171. The number of likely N-dealkylation sites (tertiary alicyclic amines) is 1. The molecule has 222 valence electrons. The summed E-state index contributed by atoms with van der Waals surface area (Å²) < 4.78 is 32.8. The fraction of sp³-hybridized carbons (Fsp3) is 0.484. The third kappa shape index (κ3) is 6.40. The lowest BCUT2D eigenvalue weighted by Crippen LogP contribution is -2.40. The molecular formula is C31H41N3O6S. The first-order valence-corrected chi connectivity index (χ1v) is 15.6. The van der Waals surface area contributed by atoms with Crippen molar-refractivity contribution in [2.24, 2.45) is 0 Å². The Morgan fingerprint density at radius 3 is 2.10 bits per heavy atom. The van der Waals surface area contributed by atoms with E-state index < -0.39 is 27.8 Å². The standard InChI is InChI=1S/C31H41N3O6S/c1-6-32(7-2)16-17-34-27(22-8-12-24(13-9-22)31(3,4)5)26(29(36)30(34)37)28(35)23-10-14-25(15-11-23)41(38,39)33-18-20-40-21-19-33/h8-15,27,35H,6-7,16-21H2,1-5H3/t27-/m1/s1. The number of carbonyl (C=O) groups is 2. The van der Waals surface area contributed by atoms with Crippen molar-refractivity contribution in [1.82, 2.24) is 14.1 Å². The highest BCUT2D eigenvalue weighted by atomic mass is 32.2. The monoisotopic (exact) mass is 583 g/mol. The lowest BCUT2D eigenvalue weighted by Gasteiger charge is -2.29. The summed E-state index contributed by atoms with van der Waals surface area (Å²) in [6, 6.07) is 12.8. The zero-order valence-electron chi connectivity index (χ0n) is 24.6. The Labute approximate surface area is 243 Å². The molecule has 2 aliphatic heterocycles. The van der Waals surface area contributed by atoms with Gasteiger partial charge in [0.1, 0.15) is 5.76 Å². The van der Waals surface area contributed by atoms with Gasteiger partial charge in [-0.1, -0.05) is 58.9 Å². The molecule has 2 heterocycles. The molecule has 1 N–H and O–H groups in total. The number of aliphatic hydroxyl groups is 1. The normalized spacial score (nSPS) is 20.2. The van der Waals surface area contributed by atoms with E-state index in [1.165, 1.54) is 33.5 Å². The predicted molar refractivity (Wildman–Crippen MR) is 158 cm³/mol. The molecule has 1 atom stereocenters. The maximum absolute atomic E-state index is 13.4. The second kappa shape index (κ2) is 12.4. The number of likely N-dealkylation sites (N-methyl/N-ethyl adjacent to an activating group) is 1. The summed E-state index contributed by atoms with van der Waals surface area (Å²) in [4.78, 5) is 30.5. The van der Waals surface area contributed by atoms with Crippen molar-refractivity contribution in [3.8, 4) is 0 Å². The Balaban J connectivity index is 1.74. The Hall–Kier alpha value is -3.05. The lowest BCUT2D eigenvalue weighted by molar-refractivity contribution is -0.140. The van der Waals surface area contributed by atoms with Gasteiger partial charge in [-0.2, -0.15) is 4.31 Å².